The topological polar surface area (TPSA) is 82.8 Å². The van der Waals surface area contributed by atoms with Gasteiger partial charge in [0.2, 0.25) is 10.0 Å². The Morgan fingerprint density at radius 3 is 2.79 bits per heavy atom. The smallest absolute Gasteiger partial charge is 0.242 e. The van der Waals surface area contributed by atoms with Gasteiger partial charge in [-0.3, -0.25) is 4.98 Å². The van der Waals surface area contributed by atoms with Crippen LogP contribution in [0.25, 0.3) is 11.3 Å². The van der Waals surface area contributed by atoms with Crippen LogP contribution in [-0.2, 0) is 16.6 Å². The lowest BCUT2D eigenvalue weighted by Crippen LogP contribution is -2.24. The maximum Gasteiger partial charge on any atom is 0.242 e. The zero-order valence-electron chi connectivity index (χ0n) is 12.5. The molecule has 0 fully saturated rings. The Morgan fingerprint density at radius 1 is 1.21 bits per heavy atom. The molecule has 0 aliphatic heterocycles. The highest BCUT2D eigenvalue weighted by molar-refractivity contribution is 7.89. The first kappa shape index (κ1) is 16.3. The highest BCUT2D eigenvalue weighted by Gasteiger charge is 2.17. The van der Waals surface area contributed by atoms with Gasteiger partial charge in [-0.05, 0) is 41.3 Å². The van der Waals surface area contributed by atoms with E-state index in [1.807, 2.05) is 29.0 Å². The van der Waals surface area contributed by atoms with Gasteiger partial charge in [-0.2, -0.15) is 16.6 Å². The molecule has 0 saturated heterocycles. The highest BCUT2D eigenvalue weighted by atomic mass is 32.2. The third kappa shape index (κ3) is 3.51. The quantitative estimate of drug-likeness (QED) is 0.762. The van der Waals surface area contributed by atoms with E-state index in [1.54, 1.807) is 35.7 Å². The summed E-state index contributed by atoms with van der Waals surface area (Å²) >= 11 is 1.58. The Balaban J connectivity index is 1.81. The summed E-state index contributed by atoms with van der Waals surface area (Å²) in [6.07, 6.45) is 1.65. The molecule has 0 saturated carbocycles. The molecule has 0 aliphatic rings. The molecule has 7 heteroatoms. The molecule has 0 aliphatic carbocycles. The first-order chi connectivity index (χ1) is 11.6. The second-order valence-electron chi connectivity index (χ2n) is 4.99. The van der Waals surface area contributed by atoms with Crippen molar-refractivity contribution in [1.82, 2.24) is 9.71 Å². The number of hydrogen-bond donors (Lipinski definition) is 1. The van der Waals surface area contributed by atoms with Crippen molar-refractivity contribution in [3.05, 3.63) is 70.5 Å². The molecule has 0 bridgehead atoms. The van der Waals surface area contributed by atoms with Gasteiger partial charge in [-0.15, -0.1) is 0 Å². The molecule has 5 nitrogen and oxygen atoms in total. The third-order valence-electron chi connectivity index (χ3n) is 3.40. The van der Waals surface area contributed by atoms with Crippen LogP contribution in [0.4, 0.5) is 0 Å². The van der Waals surface area contributed by atoms with Crippen LogP contribution >= 0.6 is 11.3 Å². The van der Waals surface area contributed by atoms with Crippen LogP contribution in [0, 0.1) is 11.3 Å². The fraction of sp³-hybridized carbons (Fsp3) is 0.0588. The molecule has 0 amide bonds. The lowest BCUT2D eigenvalue weighted by molar-refractivity contribution is 0.581. The second-order valence-corrected chi connectivity index (χ2v) is 7.51. The van der Waals surface area contributed by atoms with Crippen LogP contribution < -0.4 is 4.72 Å². The highest BCUT2D eigenvalue weighted by Crippen LogP contribution is 2.21. The van der Waals surface area contributed by atoms with E-state index >= 15 is 0 Å². The van der Waals surface area contributed by atoms with Crippen molar-refractivity contribution in [2.24, 2.45) is 0 Å². The number of benzene rings is 1. The Kier molecular flexibility index (Phi) is 4.71. The van der Waals surface area contributed by atoms with Crippen molar-refractivity contribution in [2.45, 2.75) is 11.4 Å². The molecule has 0 radical (unpaired) electrons. The maximum atomic E-state index is 12.4. The summed E-state index contributed by atoms with van der Waals surface area (Å²) in [5, 5.41) is 13.0. The Bertz CT molecular complexity index is 991. The van der Waals surface area contributed by atoms with Crippen molar-refractivity contribution >= 4 is 21.4 Å². The number of hydrogen-bond acceptors (Lipinski definition) is 5. The first-order valence-corrected chi connectivity index (χ1v) is 9.49. The zero-order valence-corrected chi connectivity index (χ0v) is 14.1. The van der Waals surface area contributed by atoms with Crippen molar-refractivity contribution < 1.29 is 8.42 Å². The number of thiophene rings is 1. The van der Waals surface area contributed by atoms with Crippen LogP contribution in [0.5, 0.6) is 0 Å². The van der Waals surface area contributed by atoms with E-state index in [-0.39, 0.29) is 17.0 Å². The van der Waals surface area contributed by atoms with E-state index in [2.05, 4.69) is 9.71 Å². The normalized spacial score (nSPS) is 11.1. The molecule has 1 aromatic carbocycles. The monoisotopic (exact) mass is 355 g/mol. The Hall–Kier alpha value is -2.53. The number of nitrogens with zero attached hydrogens (tertiary/aromatic N) is 2. The molecule has 2 heterocycles. The number of pyridine rings is 1. The summed E-state index contributed by atoms with van der Waals surface area (Å²) in [5.74, 6) is 0. The van der Waals surface area contributed by atoms with Gasteiger partial charge < -0.3 is 0 Å². The molecule has 120 valence electrons. The summed E-state index contributed by atoms with van der Waals surface area (Å²) in [4.78, 5) is 4.28. The summed E-state index contributed by atoms with van der Waals surface area (Å²) in [5.41, 5.74) is 2.72. The Morgan fingerprint density at radius 2 is 2.04 bits per heavy atom. The SMILES string of the molecule is N#Cc1ccccc1S(=O)(=O)NCc1ccnc(-c2ccsc2)c1. The third-order valence-corrected chi connectivity index (χ3v) is 5.55. The summed E-state index contributed by atoms with van der Waals surface area (Å²) < 4.78 is 27.4. The minimum Gasteiger partial charge on any atom is -0.256 e. The van der Waals surface area contributed by atoms with E-state index in [0.29, 0.717) is 0 Å². The van der Waals surface area contributed by atoms with Gasteiger partial charge in [0.1, 0.15) is 6.07 Å². The molecule has 24 heavy (non-hydrogen) atoms. The maximum absolute atomic E-state index is 12.4. The number of sulfonamides is 1. The van der Waals surface area contributed by atoms with Crippen LogP contribution in [0.3, 0.4) is 0 Å². The summed E-state index contributed by atoms with van der Waals surface area (Å²) in [6, 6.07) is 13.6. The van der Waals surface area contributed by atoms with Crippen molar-refractivity contribution in [2.75, 3.05) is 0 Å². The minimum absolute atomic E-state index is 0.0142. The van der Waals surface area contributed by atoms with Gasteiger partial charge >= 0.3 is 0 Å². The fourth-order valence-electron chi connectivity index (χ4n) is 2.20. The van der Waals surface area contributed by atoms with Crippen molar-refractivity contribution in [3.8, 4) is 17.3 Å². The summed E-state index contributed by atoms with van der Waals surface area (Å²) in [7, 11) is -3.76. The molecule has 0 atom stereocenters. The predicted octanol–water partition coefficient (Wildman–Crippen LogP) is 3.16. The zero-order chi connectivity index (χ0) is 17.0. The van der Waals surface area contributed by atoms with Crippen molar-refractivity contribution in [3.63, 3.8) is 0 Å². The second kappa shape index (κ2) is 6.93. The van der Waals surface area contributed by atoms with E-state index in [0.717, 1.165) is 16.8 Å². The van der Waals surface area contributed by atoms with Crippen LogP contribution in [0.2, 0.25) is 0 Å². The number of aromatic nitrogens is 1. The van der Waals surface area contributed by atoms with Crippen molar-refractivity contribution in [1.29, 1.82) is 5.26 Å². The first-order valence-electron chi connectivity index (χ1n) is 7.06. The number of nitriles is 1. The number of rotatable bonds is 5. The van der Waals surface area contributed by atoms with E-state index in [4.69, 9.17) is 5.26 Å². The van der Waals surface area contributed by atoms with Crippen LogP contribution in [-0.4, -0.2) is 13.4 Å². The molecular weight excluding hydrogens is 342 g/mol. The average Bonchev–Trinajstić information content (AvgIpc) is 3.15. The predicted molar refractivity (Wildman–Crippen MR) is 92.7 cm³/mol. The van der Waals surface area contributed by atoms with E-state index in [9.17, 15) is 8.42 Å². The molecule has 3 aromatic rings. The van der Waals surface area contributed by atoms with Gasteiger partial charge in [0, 0.05) is 23.7 Å². The van der Waals surface area contributed by atoms with E-state index < -0.39 is 10.0 Å². The molecule has 0 spiro atoms. The molecular formula is C17H13N3O2S2. The van der Waals surface area contributed by atoms with E-state index in [1.165, 1.54) is 12.1 Å². The Labute approximate surface area is 144 Å². The molecule has 3 rings (SSSR count). The lowest BCUT2D eigenvalue weighted by Gasteiger charge is -2.09. The van der Waals surface area contributed by atoms with Gasteiger partial charge in [0.05, 0.1) is 16.2 Å². The lowest BCUT2D eigenvalue weighted by atomic mass is 10.1. The average molecular weight is 355 g/mol. The van der Waals surface area contributed by atoms with Gasteiger partial charge in [-0.25, -0.2) is 13.1 Å². The van der Waals surface area contributed by atoms with Gasteiger partial charge in [-0.1, -0.05) is 12.1 Å². The fourth-order valence-corrected chi connectivity index (χ4v) is 4.02. The van der Waals surface area contributed by atoms with Gasteiger partial charge in [0.15, 0.2) is 0 Å². The minimum atomic E-state index is -3.76. The van der Waals surface area contributed by atoms with Crippen LogP contribution in [0.15, 0.2) is 64.3 Å². The molecule has 2 aromatic heterocycles. The summed E-state index contributed by atoms with van der Waals surface area (Å²) in [6.45, 7) is 0.127. The van der Waals surface area contributed by atoms with Crippen LogP contribution in [0.1, 0.15) is 11.1 Å². The molecule has 1 N–H and O–H groups in total. The number of nitrogens with one attached hydrogen (secondary N) is 1. The largest absolute Gasteiger partial charge is 0.256 e. The standard InChI is InChI=1S/C17H13N3O2S2/c18-10-14-3-1-2-4-17(14)24(21,22)20-11-13-5-7-19-16(9-13)15-6-8-23-12-15/h1-9,12,20H,11H2. The van der Waals surface area contributed by atoms with Gasteiger partial charge in [0.25, 0.3) is 0 Å². The molecule has 0 unspecified atom stereocenters.